The molecule has 53 heavy (non-hydrogen) atoms. The van der Waals surface area contributed by atoms with E-state index < -0.39 is 5.41 Å². The third kappa shape index (κ3) is 4.07. The van der Waals surface area contributed by atoms with Crippen molar-refractivity contribution in [3.8, 4) is 67.4 Å². The molecule has 8 aromatic rings. The molecule has 1 heterocycles. The molecule has 1 aromatic heterocycles. The predicted octanol–water partition coefficient (Wildman–Crippen LogP) is 11.3. The zero-order chi connectivity index (χ0) is 35.6. The van der Waals surface area contributed by atoms with Gasteiger partial charge in [-0.2, -0.15) is 0 Å². The van der Waals surface area contributed by atoms with Gasteiger partial charge in [0.05, 0.1) is 8.84 Å². The van der Waals surface area contributed by atoms with Crippen LogP contribution in [0.25, 0.3) is 67.4 Å². The summed E-state index contributed by atoms with van der Waals surface area (Å²) >= 11 is 2.55. The Labute approximate surface area is 320 Å². The quantitative estimate of drug-likeness (QED) is 0.106. The van der Waals surface area contributed by atoms with Gasteiger partial charge in [0.2, 0.25) is 11.8 Å². The number of alkyl halides is 1. The van der Waals surface area contributed by atoms with Crippen LogP contribution in [0.5, 0.6) is 0 Å². The molecule has 0 aliphatic heterocycles. The van der Waals surface area contributed by atoms with E-state index >= 15 is 0 Å². The fraction of sp³-hybridized carbons (Fsp3) is 0.0638. The van der Waals surface area contributed by atoms with E-state index in [2.05, 4.69) is 167 Å². The molecule has 1 unspecified atom stereocenters. The minimum atomic E-state index is -0.452. The lowest BCUT2D eigenvalue weighted by molar-refractivity contribution is 0.584. The van der Waals surface area contributed by atoms with E-state index in [4.69, 9.17) is 15.9 Å². The predicted molar refractivity (Wildman–Crippen MR) is 222 cm³/mol. The summed E-state index contributed by atoms with van der Waals surface area (Å²) in [6, 6.07) is 51.8. The SMILES string of the molecule is CC1(I)c2cc(-c3ccc(N)cc3)ccc2-c2c(-c3nnc(-c4ccc5c(c4)C4(c6ccccc6-c6ccccc64)c4ccccc4-5)o3)cc(N)cc21. The zero-order valence-electron chi connectivity index (χ0n) is 28.7. The van der Waals surface area contributed by atoms with Crippen LogP contribution in [0.2, 0.25) is 0 Å². The van der Waals surface area contributed by atoms with Crippen molar-refractivity contribution >= 4 is 34.0 Å². The van der Waals surface area contributed by atoms with Gasteiger partial charge < -0.3 is 15.9 Å². The number of hydrogen-bond donors (Lipinski definition) is 2. The highest BCUT2D eigenvalue weighted by molar-refractivity contribution is 14.1. The Hall–Kier alpha value is -5.99. The normalized spacial score (nSPS) is 16.5. The highest BCUT2D eigenvalue weighted by Gasteiger charge is 2.51. The van der Waals surface area contributed by atoms with Gasteiger partial charge in [0.25, 0.3) is 0 Å². The van der Waals surface area contributed by atoms with E-state index in [1.807, 2.05) is 18.2 Å². The van der Waals surface area contributed by atoms with E-state index in [1.54, 1.807) is 0 Å². The lowest BCUT2D eigenvalue weighted by Crippen LogP contribution is -2.25. The van der Waals surface area contributed by atoms with Crippen LogP contribution >= 0.6 is 22.6 Å². The molecule has 0 fully saturated rings. The Balaban J connectivity index is 1.06. The van der Waals surface area contributed by atoms with Crippen molar-refractivity contribution in [3.05, 3.63) is 179 Å². The number of nitrogen functional groups attached to an aromatic ring is 2. The van der Waals surface area contributed by atoms with E-state index in [1.165, 1.54) is 50.1 Å². The second-order valence-electron chi connectivity index (χ2n) is 14.4. The maximum Gasteiger partial charge on any atom is 0.248 e. The van der Waals surface area contributed by atoms with Crippen LogP contribution in [0, 0.1) is 0 Å². The van der Waals surface area contributed by atoms with Crippen molar-refractivity contribution in [2.24, 2.45) is 0 Å². The first-order valence-corrected chi connectivity index (χ1v) is 18.8. The maximum absolute atomic E-state index is 6.66. The summed E-state index contributed by atoms with van der Waals surface area (Å²) < 4.78 is 6.34. The second kappa shape index (κ2) is 10.8. The van der Waals surface area contributed by atoms with Crippen molar-refractivity contribution in [1.29, 1.82) is 0 Å². The van der Waals surface area contributed by atoms with Crippen LogP contribution in [0.1, 0.15) is 40.3 Å². The molecular formula is C47H31IN4O. The molecule has 0 radical (unpaired) electrons. The van der Waals surface area contributed by atoms with Crippen molar-refractivity contribution in [2.45, 2.75) is 15.8 Å². The minimum absolute atomic E-state index is 0.323. The third-order valence-electron chi connectivity index (χ3n) is 11.6. The first-order valence-electron chi connectivity index (χ1n) is 17.8. The number of rotatable bonds is 3. The lowest BCUT2D eigenvalue weighted by atomic mass is 9.70. The molecule has 3 aliphatic rings. The topological polar surface area (TPSA) is 91.0 Å². The Morgan fingerprint density at radius 3 is 1.64 bits per heavy atom. The molecule has 5 nitrogen and oxygen atoms in total. The average Bonchev–Trinajstić information content (AvgIpc) is 3.92. The molecule has 1 spiro atoms. The largest absolute Gasteiger partial charge is 0.416 e. The number of anilines is 2. The fourth-order valence-electron chi connectivity index (χ4n) is 9.32. The van der Waals surface area contributed by atoms with Crippen molar-refractivity contribution in [3.63, 3.8) is 0 Å². The second-order valence-corrected chi connectivity index (χ2v) is 16.6. The van der Waals surface area contributed by atoms with E-state index in [9.17, 15) is 0 Å². The summed E-state index contributed by atoms with van der Waals surface area (Å²) in [5, 5.41) is 9.36. The van der Waals surface area contributed by atoms with E-state index in [0.717, 1.165) is 44.6 Å². The van der Waals surface area contributed by atoms with E-state index in [-0.39, 0.29) is 3.42 Å². The molecule has 3 aliphatic carbocycles. The average molecular weight is 795 g/mol. The summed E-state index contributed by atoms with van der Waals surface area (Å²) in [6.45, 7) is 2.24. The van der Waals surface area contributed by atoms with Gasteiger partial charge in [0.15, 0.2) is 0 Å². The van der Waals surface area contributed by atoms with Gasteiger partial charge in [0.1, 0.15) is 0 Å². The Morgan fingerprint density at radius 1 is 0.453 bits per heavy atom. The molecule has 0 saturated carbocycles. The molecule has 0 saturated heterocycles. The van der Waals surface area contributed by atoms with Crippen LogP contribution < -0.4 is 11.5 Å². The van der Waals surface area contributed by atoms with Crippen molar-refractivity contribution in [2.75, 3.05) is 11.5 Å². The molecule has 252 valence electrons. The first kappa shape index (κ1) is 30.6. The van der Waals surface area contributed by atoms with Crippen molar-refractivity contribution in [1.82, 2.24) is 10.2 Å². The number of nitrogens with two attached hydrogens (primary N) is 2. The monoisotopic (exact) mass is 794 g/mol. The Bertz CT molecular complexity index is 2790. The van der Waals surface area contributed by atoms with Crippen LogP contribution in [0.3, 0.4) is 0 Å². The molecule has 7 aromatic carbocycles. The van der Waals surface area contributed by atoms with Crippen LogP contribution in [0.4, 0.5) is 11.4 Å². The molecule has 1 atom stereocenters. The highest BCUT2D eigenvalue weighted by atomic mass is 127. The molecule has 6 heteroatoms. The van der Waals surface area contributed by atoms with Gasteiger partial charge in [-0.15, -0.1) is 10.2 Å². The molecule has 4 N–H and O–H groups in total. The summed E-state index contributed by atoms with van der Waals surface area (Å²) in [5.41, 5.74) is 32.2. The molecule has 0 bridgehead atoms. The van der Waals surface area contributed by atoms with Gasteiger partial charge in [-0.25, -0.2) is 0 Å². The fourth-order valence-corrected chi connectivity index (χ4v) is 10.2. The summed E-state index contributed by atoms with van der Waals surface area (Å²) in [6.07, 6.45) is 0. The lowest BCUT2D eigenvalue weighted by Gasteiger charge is -2.30. The number of nitrogens with zero attached hydrogens (tertiary/aromatic N) is 2. The van der Waals surface area contributed by atoms with Gasteiger partial charge in [-0.3, -0.25) is 0 Å². The summed E-state index contributed by atoms with van der Waals surface area (Å²) in [4.78, 5) is 0. The van der Waals surface area contributed by atoms with Crippen LogP contribution in [-0.2, 0) is 8.84 Å². The Morgan fingerprint density at radius 2 is 0.981 bits per heavy atom. The van der Waals surface area contributed by atoms with Gasteiger partial charge >= 0.3 is 0 Å². The van der Waals surface area contributed by atoms with Crippen LogP contribution in [-0.4, -0.2) is 10.2 Å². The molecule has 0 amide bonds. The zero-order valence-corrected chi connectivity index (χ0v) is 30.8. The van der Waals surface area contributed by atoms with Crippen LogP contribution in [0.15, 0.2) is 150 Å². The number of halogens is 1. The van der Waals surface area contributed by atoms with Gasteiger partial charge in [-0.1, -0.05) is 126 Å². The first-order chi connectivity index (χ1) is 25.8. The number of hydrogen-bond acceptors (Lipinski definition) is 5. The number of benzene rings is 7. The standard InChI is InChI=1S/C47H31IN4O/c1-46(48)40-22-27(26-14-18-29(49)19-15-26)16-21-35(40)43-36(24-30(50)25-42(43)46)45-52-51-44(53-45)28-17-20-34-33-10-4-7-13-39(33)47(41(34)23-28)37-11-5-2-8-31(37)32-9-3-6-12-38(32)47/h2-25H,49-50H2,1H3. The summed E-state index contributed by atoms with van der Waals surface area (Å²) in [5.74, 6) is 0.917. The maximum atomic E-state index is 6.66. The van der Waals surface area contributed by atoms with E-state index in [0.29, 0.717) is 17.5 Å². The molecular weight excluding hydrogens is 763 g/mol. The third-order valence-corrected chi connectivity index (χ3v) is 12.8. The smallest absolute Gasteiger partial charge is 0.248 e. The summed E-state index contributed by atoms with van der Waals surface area (Å²) in [7, 11) is 0. The number of aromatic nitrogens is 2. The highest BCUT2D eigenvalue weighted by Crippen LogP contribution is 2.63. The van der Waals surface area contributed by atoms with Gasteiger partial charge in [-0.05, 0) is 127 Å². The number of fused-ring (bicyclic) bond motifs is 13. The minimum Gasteiger partial charge on any atom is -0.416 e. The van der Waals surface area contributed by atoms with Gasteiger partial charge in [0, 0.05) is 22.5 Å². The molecule has 11 rings (SSSR count). The van der Waals surface area contributed by atoms with Crippen molar-refractivity contribution < 1.29 is 4.42 Å². The Kier molecular flexibility index (Phi) is 6.22.